The Morgan fingerprint density at radius 2 is 0.545 bits per heavy atom. The van der Waals surface area contributed by atoms with Crippen molar-refractivity contribution in [2.45, 2.75) is 212 Å². The minimum Gasteiger partial charge on any atom is -0.464 e. The number of carbonyl (C=O) groups excluding carboxylic acids is 16. The van der Waals surface area contributed by atoms with Gasteiger partial charge in [0.25, 0.3) is 0 Å². The Balaban J connectivity index is -0.000101. The van der Waals surface area contributed by atoms with Crippen LogP contribution in [0.2, 0.25) is 0 Å². The first-order chi connectivity index (χ1) is 66.5. The molecule has 1 radical (unpaired) electrons. The van der Waals surface area contributed by atoms with Gasteiger partial charge in [-0.2, -0.15) is 0 Å². The fourth-order valence-electron chi connectivity index (χ4n) is 13.2. The average molecular weight is 2310 g/mol. The van der Waals surface area contributed by atoms with E-state index in [1.807, 2.05) is 54.1 Å². The molecule has 0 rings (SSSR count). The molecule has 0 aromatic rings. The Labute approximate surface area is 906 Å². The number of ether oxygens (including phenoxy) is 14. The maximum atomic E-state index is 14.2. The molecule has 9 unspecified atom stereocenters. The minimum atomic E-state index is -1.55. The predicted molar refractivity (Wildman–Crippen MR) is 584 cm³/mol. The zero-order valence-corrected chi connectivity index (χ0v) is 103. The minimum absolute atomic E-state index is 0. The van der Waals surface area contributed by atoms with Crippen molar-refractivity contribution in [1.29, 1.82) is 0 Å². The van der Waals surface area contributed by atoms with Crippen molar-refractivity contribution in [3.63, 3.8) is 0 Å². The summed E-state index contributed by atoms with van der Waals surface area (Å²) < 4.78 is 83.5. The van der Waals surface area contributed by atoms with Crippen molar-refractivity contribution < 1.29 is 176 Å². The van der Waals surface area contributed by atoms with E-state index >= 15 is 0 Å². The summed E-state index contributed by atoms with van der Waals surface area (Å²) >= 11 is 0. The molecule has 9 N–H and O–H groups in total. The Morgan fingerprint density at radius 3 is 0.800 bits per heavy atom. The van der Waals surface area contributed by atoms with Gasteiger partial charge in [0.2, 0.25) is 41.4 Å². The fourth-order valence-corrected chi connectivity index (χ4v) is 21.5. The van der Waals surface area contributed by atoms with Gasteiger partial charge in [-0.25, -0.2) is 0 Å². The monoisotopic (exact) mass is 2310 g/mol. The van der Waals surface area contributed by atoms with Gasteiger partial charge in [0.15, 0.2) is 0 Å². The fraction of sp³-hybridized carbons (Fsp3) is 0.835. The predicted octanol–water partition coefficient (Wildman–Crippen LogP) is 8.41. The van der Waals surface area contributed by atoms with E-state index in [1.165, 1.54) is 0 Å². The van der Waals surface area contributed by atoms with Crippen molar-refractivity contribution >= 4 is 173 Å². The summed E-state index contributed by atoms with van der Waals surface area (Å²) in [5, 5.41) is 15.6. The van der Waals surface area contributed by atoms with Crippen LogP contribution < -0.4 is 43.0 Å². The van der Waals surface area contributed by atoms with E-state index in [9.17, 15) is 76.7 Å². The third kappa shape index (κ3) is 58.4. The van der Waals surface area contributed by atoms with Crippen LogP contribution in [0.15, 0.2) is 0 Å². The molecule has 9 atom stereocenters. The van der Waals surface area contributed by atoms with Crippen molar-refractivity contribution in [3.05, 3.63) is 0 Å². The van der Waals surface area contributed by atoms with E-state index in [2.05, 4.69) is 55.7 Å². The van der Waals surface area contributed by atoms with Gasteiger partial charge in [-0.05, 0) is 220 Å². The SMILES string of the molecule is C.CCPC(C)(C)C(=O)OCC(COCC(=O)NCCC(=O)NCC(CNC(=O)CCNC(=O)COCC(COC(=O)C(C)(C)CPC)(COC(=O)C(C)(C)CPC)COC(=O)C(C)(C)CPC)(CNC(=O)CCNC(=O)COCC(COC(=O)C(C)(C)PCC)(COC(=O)C(C)(C)PCC)COC(=O)C(C)(C)P(C)C)COCCNC(=O)CCOCCN)(COC(=O)C(C)(C)CCP)COC(=O)C(C)(C)CCP.[Y]. The van der Waals surface area contributed by atoms with E-state index < -0.39 is 266 Å². The van der Waals surface area contributed by atoms with E-state index in [0.717, 1.165) is 0 Å². The molecule has 0 fully saturated rings. The number of carbonyl (C=O) groups is 16. The van der Waals surface area contributed by atoms with Crippen LogP contribution in [0.1, 0.15) is 191 Å². The second-order valence-electron chi connectivity index (χ2n) is 41.9. The molecule has 0 bridgehead atoms. The van der Waals surface area contributed by atoms with Gasteiger partial charge >= 0.3 is 53.7 Å². The molecule has 145 heavy (non-hydrogen) atoms. The molecule has 0 saturated heterocycles. The molecular formula is C97H183N8O30P9Y. The van der Waals surface area contributed by atoms with Crippen LogP contribution in [-0.4, -0.2) is 376 Å². The zero-order chi connectivity index (χ0) is 109. The Kier molecular flexibility index (Phi) is 73.0. The van der Waals surface area contributed by atoms with E-state index in [4.69, 9.17) is 72.0 Å². The third-order valence-corrected chi connectivity index (χ3v) is 34.4. The van der Waals surface area contributed by atoms with Crippen molar-refractivity contribution in [3.8, 4) is 0 Å². The standard InChI is InChI=1S/C96H179N8O30P9.CH4.Y/c1-27-140-89(14,15)80(117)131-61-95(56-126-75(112)84(4,5)34-44-135,57-127-76(113)85(6,7)35-45-136)54-124-47-73(110)99-38-31-69(106)103-50-93(52-122-43-40-101-71(108)33-41-121-42-36-97,49-102-68(105)30-37-98-72(109)46-123-53-94(58-128-77(114)86(8,9)65-137-22,59-129-78(115)87(10,11)66-138-23)60-130-79(116)88(12,13)67-139-24)51-104-70(107)32-39-100-74(111)48-125-55-96(62-132-81(118)90(16,17)141-28-2,63-133-82(119)91(18,19)142-29-3)64-134-83(120)92(20,21)143(25)26;;/h137-142H,27-67,97,135-136H2,1-26H3,(H,98,109)(H,99,110)(H,100,111)(H,101,108)(H,102,105)(H,103,106)(H,104,107);1H4;. The second-order valence-corrected chi connectivity index (χ2v) is 56.0. The van der Waals surface area contributed by atoms with E-state index in [1.54, 1.807) is 125 Å². The smallest absolute Gasteiger partial charge is 0.315 e. The molecule has 38 nitrogen and oxygen atoms in total. The van der Waals surface area contributed by atoms with E-state index in [-0.39, 0.29) is 176 Å². The van der Waals surface area contributed by atoms with Gasteiger partial charge in [-0.3, -0.25) is 76.7 Å². The molecule has 7 amide bonds. The van der Waals surface area contributed by atoms with E-state index in [0.29, 0.717) is 87.9 Å². The summed E-state index contributed by atoms with van der Waals surface area (Å²) in [4.78, 5) is 221. The van der Waals surface area contributed by atoms with Crippen molar-refractivity contribution in [1.82, 2.24) is 37.2 Å². The molecule has 0 aromatic heterocycles. The van der Waals surface area contributed by atoms with Gasteiger partial charge in [0, 0.05) is 116 Å². The Hall–Kier alpha value is -3.75. The topological polar surface area (TPSA) is 513 Å². The number of rotatable bonds is 81. The number of nitrogens with two attached hydrogens (primary N) is 1. The van der Waals surface area contributed by atoms with Gasteiger partial charge in [0.1, 0.15) is 79.3 Å². The Morgan fingerprint density at radius 1 is 0.297 bits per heavy atom. The third-order valence-electron chi connectivity index (χ3n) is 23.4. The van der Waals surface area contributed by atoms with Crippen LogP contribution in [-0.2, 0) is 176 Å². The molecular weight excluding hydrogens is 2120 g/mol. The summed E-state index contributed by atoms with van der Waals surface area (Å²) in [7, 11) is 6.01. The summed E-state index contributed by atoms with van der Waals surface area (Å²) in [5.41, 5.74) is -5.25. The molecule has 0 aliphatic heterocycles. The summed E-state index contributed by atoms with van der Waals surface area (Å²) in [6.07, 6.45) is 4.41. The first-order valence-electron chi connectivity index (χ1n) is 48.8. The zero-order valence-electron chi connectivity index (χ0n) is 91.0. The largest absolute Gasteiger partial charge is 0.464 e. The van der Waals surface area contributed by atoms with Crippen molar-refractivity contribution in [2.75, 3.05) is 261 Å². The van der Waals surface area contributed by atoms with Gasteiger partial charge in [0.05, 0.1) is 110 Å². The maximum absolute atomic E-state index is 14.2. The van der Waals surface area contributed by atoms with Crippen LogP contribution in [0.3, 0.4) is 0 Å². The first kappa shape index (κ1) is 145. The second kappa shape index (κ2) is 72.8. The van der Waals surface area contributed by atoms with Crippen LogP contribution in [0.4, 0.5) is 0 Å². The summed E-state index contributed by atoms with van der Waals surface area (Å²) in [6, 6.07) is 0. The summed E-state index contributed by atoms with van der Waals surface area (Å²) in [5.74, 6) is -9.62. The number of amides is 7. The quantitative estimate of drug-likeness (QED) is 0.0122. The Bertz CT molecular complexity index is 3620. The number of hydrogen-bond donors (Lipinski definition) is 8. The number of esters is 9. The number of hydrogen-bond acceptors (Lipinski definition) is 31. The van der Waals surface area contributed by atoms with Crippen LogP contribution in [0, 0.1) is 48.7 Å². The molecule has 0 heterocycles. The first-order valence-corrected chi connectivity index (χ1v) is 61.4. The van der Waals surface area contributed by atoms with Crippen molar-refractivity contribution in [2.24, 2.45) is 54.5 Å². The molecule has 839 valence electrons. The molecule has 0 aliphatic carbocycles. The molecule has 0 aliphatic rings. The average Bonchev–Trinajstić information content (AvgIpc) is 0.820. The molecule has 0 saturated carbocycles. The van der Waals surface area contributed by atoms with Gasteiger partial charge in [-0.1, -0.05) is 36.1 Å². The number of nitrogens with one attached hydrogen (secondary N) is 7. The van der Waals surface area contributed by atoms with Crippen LogP contribution in [0.25, 0.3) is 0 Å². The summed E-state index contributed by atoms with van der Waals surface area (Å²) in [6.45, 7) is 37.4. The van der Waals surface area contributed by atoms with Crippen LogP contribution >= 0.6 is 77.9 Å². The maximum Gasteiger partial charge on any atom is 0.315 e. The molecule has 0 aromatic carbocycles. The van der Waals surface area contributed by atoms with Crippen LogP contribution in [0.5, 0.6) is 0 Å². The molecule has 48 heteroatoms. The normalized spacial score (nSPS) is 14.0. The van der Waals surface area contributed by atoms with Gasteiger partial charge in [-0.15, -0.1) is 70.0 Å². The molecule has 0 spiro atoms. The van der Waals surface area contributed by atoms with Gasteiger partial charge < -0.3 is 109 Å².